The van der Waals surface area contributed by atoms with Crippen LogP contribution in [0.3, 0.4) is 0 Å². The molecule has 0 spiro atoms. The van der Waals surface area contributed by atoms with E-state index in [1.54, 1.807) is 12.1 Å². The minimum absolute atomic E-state index is 0.486. The van der Waals surface area contributed by atoms with Crippen molar-refractivity contribution in [3.8, 4) is 5.69 Å². The standard InChI is InChI=1S/C22H16BNO2/c25-23(26)16-10-12-17(13-11-16)24-21-8-4-3-7-19(21)20-14-9-15-5-1-2-6-18(15)22(20)24/h1-14,25-26H. The van der Waals surface area contributed by atoms with Gasteiger partial charge in [-0.25, -0.2) is 0 Å². The van der Waals surface area contributed by atoms with Gasteiger partial charge in [-0.3, -0.25) is 0 Å². The monoisotopic (exact) mass is 337 g/mol. The lowest BCUT2D eigenvalue weighted by molar-refractivity contribution is 0.426. The number of benzene rings is 4. The van der Waals surface area contributed by atoms with Crippen molar-refractivity contribution < 1.29 is 10.0 Å². The van der Waals surface area contributed by atoms with Gasteiger partial charge in [0.1, 0.15) is 0 Å². The first kappa shape index (κ1) is 15.2. The Kier molecular flexibility index (Phi) is 3.35. The Labute approximate surface area is 150 Å². The lowest BCUT2D eigenvalue weighted by atomic mass is 9.80. The van der Waals surface area contributed by atoms with Crippen LogP contribution in [0, 0.1) is 0 Å². The molecule has 4 aromatic carbocycles. The van der Waals surface area contributed by atoms with E-state index in [0.717, 1.165) is 11.2 Å². The first-order valence-electron chi connectivity index (χ1n) is 8.61. The molecule has 0 aliphatic rings. The van der Waals surface area contributed by atoms with Gasteiger partial charge in [0.05, 0.1) is 11.0 Å². The van der Waals surface area contributed by atoms with Gasteiger partial charge in [-0.1, -0.05) is 66.7 Å². The maximum Gasteiger partial charge on any atom is 0.488 e. The van der Waals surface area contributed by atoms with Gasteiger partial charge in [0.25, 0.3) is 0 Å². The summed E-state index contributed by atoms with van der Waals surface area (Å²) in [6.45, 7) is 0. The van der Waals surface area contributed by atoms with E-state index in [9.17, 15) is 10.0 Å². The van der Waals surface area contributed by atoms with Gasteiger partial charge in [0, 0.05) is 21.8 Å². The number of hydrogen-bond acceptors (Lipinski definition) is 2. The second kappa shape index (κ2) is 5.73. The fourth-order valence-corrected chi connectivity index (χ4v) is 3.79. The third kappa shape index (κ3) is 2.17. The Morgan fingerprint density at radius 2 is 1.31 bits per heavy atom. The average Bonchev–Trinajstić information content (AvgIpc) is 3.03. The predicted molar refractivity (Wildman–Crippen MR) is 108 cm³/mol. The molecular weight excluding hydrogens is 321 g/mol. The Bertz CT molecular complexity index is 1260. The Balaban J connectivity index is 1.94. The van der Waals surface area contributed by atoms with Crippen LogP contribution >= 0.6 is 0 Å². The van der Waals surface area contributed by atoms with E-state index in [1.807, 2.05) is 18.2 Å². The fraction of sp³-hybridized carbons (Fsp3) is 0. The number of para-hydroxylation sites is 1. The molecule has 0 aliphatic carbocycles. The summed E-state index contributed by atoms with van der Waals surface area (Å²) in [6, 6.07) is 28.5. The number of aromatic nitrogens is 1. The fourth-order valence-electron chi connectivity index (χ4n) is 3.79. The van der Waals surface area contributed by atoms with E-state index in [4.69, 9.17) is 0 Å². The van der Waals surface area contributed by atoms with E-state index >= 15 is 0 Å². The number of fused-ring (bicyclic) bond motifs is 5. The highest BCUT2D eigenvalue weighted by molar-refractivity contribution is 6.58. The van der Waals surface area contributed by atoms with E-state index < -0.39 is 7.12 Å². The number of rotatable bonds is 2. The molecule has 0 saturated carbocycles. The minimum atomic E-state index is -1.46. The summed E-state index contributed by atoms with van der Waals surface area (Å²) in [5, 5.41) is 23.6. The summed E-state index contributed by atoms with van der Waals surface area (Å²) in [4.78, 5) is 0. The average molecular weight is 337 g/mol. The lowest BCUT2D eigenvalue weighted by Crippen LogP contribution is -2.29. The molecule has 0 saturated heterocycles. The summed E-state index contributed by atoms with van der Waals surface area (Å²) in [5.41, 5.74) is 3.79. The maximum atomic E-state index is 9.38. The molecule has 0 atom stereocenters. The molecule has 5 rings (SSSR count). The molecule has 0 unspecified atom stereocenters. The van der Waals surface area contributed by atoms with Crippen LogP contribution in [0.15, 0.2) is 84.9 Å². The maximum absolute atomic E-state index is 9.38. The molecule has 1 heterocycles. The molecule has 3 nitrogen and oxygen atoms in total. The lowest BCUT2D eigenvalue weighted by Gasteiger charge is -2.10. The van der Waals surface area contributed by atoms with Crippen LogP contribution in [0.5, 0.6) is 0 Å². The second-order valence-electron chi connectivity index (χ2n) is 6.50. The van der Waals surface area contributed by atoms with Crippen molar-refractivity contribution >= 4 is 45.2 Å². The molecule has 0 bridgehead atoms. The third-order valence-corrected chi connectivity index (χ3v) is 5.01. The van der Waals surface area contributed by atoms with Gasteiger partial charge in [-0.05, 0) is 29.0 Å². The smallest absolute Gasteiger partial charge is 0.423 e. The van der Waals surface area contributed by atoms with Gasteiger partial charge in [-0.2, -0.15) is 0 Å². The van der Waals surface area contributed by atoms with Crippen LogP contribution in [0.2, 0.25) is 0 Å². The molecule has 1 aromatic heterocycles. The predicted octanol–water partition coefficient (Wildman–Crippen LogP) is 3.62. The van der Waals surface area contributed by atoms with Crippen LogP contribution in [0.4, 0.5) is 0 Å². The molecule has 4 heteroatoms. The van der Waals surface area contributed by atoms with Crippen molar-refractivity contribution in [1.29, 1.82) is 0 Å². The zero-order chi connectivity index (χ0) is 17.7. The molecule has 0 aliphatic heterocycles. The van der Waals surface area contributed by atoms with Gasteiger partial charge in [0.15, 0.2) is 0 Å². The SMILES string of the molecule is OB(O)c1ccc(-n2c3ccccc3c3ccc4ccccc4c32)cc1. The van der Waals surface area contributed by atoms with Crippen molar-refractivity contribution in [2.45, 2.75) is 0 Å². The molecule has 0 radical (unpaired) electrons. The van der Waals surface area contributed by atoms with E-state index in [1.165, 1.54) is 27.1 Å². The largest absolute Gasteiger partial charge is 0.488 e. The first-order chi connectivity index (χ1) is 12.7. The summed E-state index contributed by atoms with van der Waals surface area (Å²) in [6.07, 6.45) is 0. The van der Waals surface area contributed by atoms with E-state index in [2.05, 4.69) is 59.2 Å². The van der Waals surface area contributed by atoms with Crippen LogP contribution in [-0.4, -0.2) is 21.7 Å². The van der Waals surface area contributed by atoms with Crippen LogP contribution in [0.1, 0.15) is 0 Å². The number of nitrogens with zero attached hydrogens (tertiary/aromatic N) is 1. The van der Waals surface area contributed by atoms with Crippen molar-refractivity contribution in [2.24, 2.45) is 0 Å². The topological polar surface area (TPSA) is 45.4 Å². The van der Waals surface area contributed by atoms with Crippen molar-refractivity contribution in [3.05, 3.63) is 84.9 Å². The molecular formula is C22H16BNO2. The van der Waals surface area contributed by atoms with Gasteiger partial charge < -0.3 is 14.6 Å². The summed E-state index contributed by atoms with van der Waals surface area (Å²) in [5.74, 6) is 0. The summed E-state index contributed by atoms with van der Waals surface area (Å²) < 4.78 is 2.25. The van der Waals surface area contributed by atoms with E-state index in [0.29, 0.717) is 5.46 Å². The van der Waals surface area contributed by atoms with Crippen LogP contribution in [-0.2, 0) is 0 Å². The minimum Gasteiger partial charge on any atom is -0.423 e. The summed E-state index contributed by atoms with van der Waals surface area (Å²) in [7, 11) is -1.46. The second-order valence-corrected chi connectivity index (χ2v) is 6.50. The Hall–Kier alpha value is -3.08. The highest BCUT2D eigenvalue weighted by atomic mass is 16.4. The number of hydrogen-bond donors (Lipinski definition) is 2. The first-order valence-corrected chi connectivity index (χ1v) is 8.61. The molecule has 5 aromatic rings. The highest BCUT2D eigenvalue weighted by Gasteiger charge is 2.15. The van der Waals surface area contributed by atoms with E-state index in [-0.39, 0.29) is 0 Å². The Morgan fingerprint density at radius 1 is 0.615 bits per heavy atom. The quantitative estimate of drug-likeness (QED) is 0.483. The molecule has 0 fully saturated rings. The third-order valence-electron chi connectivity index (χ3n) is 5.01. The van der Waals surface area contributed by atoms with Crippen molar-refractivity contribution in [2.75, 3.05) is 0 Å². The van der Waals surface area contributed by atoms with Crippen molar-refractivity contribution in [1.82, 2.24) is 4.57 Å². The Morgan fingerprint density at radius 3 is 2.08 bits per heavy atom. The molecule has 0 amide bonds. The molecule has 124 valence electrons. The van der Waals surface area contributed by atoms with Crippen LogP contribution < -0.4 is 5.46 Å². The molecule has 2 N–H and O–H groups in total. The summed E-state index contributed by atoms with van der Waals surface area (Å²) >= 11 is 0. The highest BCUT2D eigenvalue weighted by Crippen LogP contribution is 2.36. The van der Waals surface area contributed by atoms with Gasteiger partial charge >= 0.3 is 7.12 Å². The van der Waals surface area contributed by atoms with Gasteiger partial charge in [0.2, 0.25) is 0 Å². The van der Waals surface area contributed by atoms with Crippen LogP contribution in [0.25, 0.3) is 38.3 Å². The zero-order valence-electron chi connectivity index (χ0n) is 14.0. The normalized spacial score (nSPS) is 11.5. The molecule has 26 heavy (non-hydrogen) atoms. The van der Waals surface area contributed by atoms with Crippen molar-refractivity contribution in [3.63, 3.8) is 0 Å². The van der Waals surface area contributed by atoms with Gasteiger partial charge in [-0.15, -0.1) is 0 Å². The zero-order valence-corrected chi connectivity index (χ0v) is 14.0.